The van der Waals surface area contributed by atoms with E-state index in [9.17, 15) is 9.18 Å². The minimum absolute atomic E-state index is 0.136. The Morgan fingerprint density at radius 1 is 1.14 bits per heavy atom. The molecule has 3 rings (SSSR count). The van der Waals surface area contributed by atoms with Crippen molar-refractivity contribution in [2.45, 2.75) is 6.54 Å². The lowest BCUT2D eigenvalue weighted by Crippen LogP contribution is -2.27. The summed E-state index contributed by atoms with van der Waals surface area (Å²) in [5.41, 5.74) is 1.67. The standard InChI is InChI=1S/C17H12FNOS2/c18-14-8-4-7-13(9-14)10-15-16(20)19(17(21)22-15)11-12-5-2-1-3-6-12/h1-10H,11H2. The van der Waals surface area contributed by atoms with Gasteiger partial charge in [0.15, 0.2) is 0 Å². The van der Waals surface area contributed by atoms with Crippen molar-refractivity contribution in [3.63, 3.8) is 0 Å². The summed E-state index contributed by atoms with van der Waals surface area (Å²) in [7, 11) is 0. The second-order valence-corrected chi connectivity index (χ2v) is 6.48. The van der Waals surface area contributed by atoms with E-state index in [1.807, 2.05) is 30.3 Å². The quantitative estimate of drug-likeness (QED) is 0.621. The molecule has 1 saturated heterocycles. The van der Waals surface area contributed by atoms with Gasteiger partial charge in [0.2, 0.25) is 0 Å². The fourth-order valence-corrected chi connectivity index (χ4v) is 3.41. The largest absolute Gasteiger partial charge is 0.288 e. The highest BCUT2D eigenvalue weighted by Crippen LogP contribution is 2.33. The van der Waals surface area contributed by atoms with Crippen LogP contribution in [0.5, 0.6) is 0 Å². The maximum atomic E-state index is 13.2. The topological polar surface area (TPSA) is 20.3 Å². The molecular formula is C17H12FNOS2. The molecule has 0 aromatic heterocycles. The molecule has 0 radical (unpaired) electrons. The van der Waals surface area contributed by atoms with E-state index >= 15 is 0 Å². The molecule has 0 spiro atoms. The highest BCUT2D eigenvalue weighted by atomic mass is 32.2. The lowest BCUT2D eigenvalue weighted by atomic mass is 10.2. The molecular weight excluding hydrogens is 317 g/mol. The SMILES string of the molecule is O=C1C(=Cc2cccc(F)c2)SC(=S)N1Cc1ccccc1. The molecule has 1 heterocycles. The van der Waals surface area contributed by atoms with E-state index in [4.69, 9.17) is 12.2 Å². The molecule has 2 aromatic carbocycles. The number of carbonyl (C=O) groups excluding carboxylic acids is 1. The maximum absolute atomic E-state index is 13.2. The van der Waals surface area contributed by atoms with E-state index in [0.29, 0.717) is 21.3 Å². The fourth-order valence-electron chi connectivity index (χ4n) is 2.15. The summed E-state index contributed by atoms with van der Waals surface area (Å²) in [5, 5.41) is 0. The Morgan fingerprint density at radius 2 is 1.91 bits per heavy atom. The van der Waals surface area contributed by atoms with Gasteiger partial charge in [-0.15, -0.1) is 0 Å². The average molecular weight is 329 g/mol. The highest BCUT2D eigenvalue weighted by molar-refractivity contribution is 8.26. The van der Waals surface area contributed by atoms with Gasteiger partial charge in [0, 0.05) is 0 Å². The van der Waals surface area contributed by atoms with Crippen molar-refractivity contribution in [3.8, 4) is 0 Å². The van der Waals surface area contributed by atoms with Gasteiger partial charge in [-0.1, -0.05) is 66.4 Å². The van der Waals surface area contributed by atoms with Crippen LogP contribution in [0.2, 0.25) is 0 Å². The molecule has 5 heteroatoms. The summed E-state index contributed by atoms with van der Waals surface area (Å²) in [6.07, 6.45) is 1.67. The lowest BCUT2D eigenvalue weighted by molar-refractivity contribution is -0.122. The smallest absolute Gasteiger partial charge is 0.266 e. The number of hydrogen-bond acceptors (Lipinski definition) is 3. The van der Waals surface area contributed by atoms with Gasteiger partial charge in [-0.25, -0.2) is 4.39 Å². The molecule has 1 amide bonds. The predicted octanol–water partition coefficient (Wildman–Crippen LogP) is 4.23. The molecule has 2 aromatic rings. The zero-order chi connectivity index (χ0) is 15.5. The number of amides is 1. The van der Waals surface area contributed by atoms with Crippen LogP contribution in [0.4, 0.5) is 4.39 Å². The van der Waals surface area contributed by atoms with E-state index < -0.39 is 0 Å². The van der Waals surface area contributed by atoms with Crippen LogP contribution in [0.1, 0.15) is 11.1 Å². The van der Waals surface area contributed by atoms with E-state index in [0.717, 1.165) is 5.56 Å². The molecule has 1 aliphatic heterocycles. The molecule has 0 saturated carbocycles. The maximum Gasteiger partial charge on any atom is 0.266 e. The monoisotopic (exact) mass is 329 g/mol. The molecule has 110 valence electrons. The van der Waals surface area contributed by atoms with Crippen molar-refractivity contribution in [1.29, 1.82) is 0 Å². The summed E-state index contributed by atoms with van der Waals surface area (Å²) >= 11 is 6.54. The fraction of sp³-hybridized carbons (Fsp3) is 0.0588. The van der Waals surface area contributed by atoms with Crippen LogP contribution >= 0.6 is 24.0 Å². The Bertz CT molecular complexity index is 758. The first-order valence-corrected chi connectivity index (χ1v) is 7.91. The van der Waals surface area contributed by atoms with Gasteiger partial charge in [-0.2, -0.15) is 0 Å². The summed E-state index contributed by atoms with van der Waals surface area (Å²) in [6, 6.07) is 15.8. The van der Waals surface area contributed by atoms with Crippen LogP contribution in [-0.4, -0.2) is 15.1 Å². The van der Waals surface area contributed by atoms with Crippen LogP contribution in [0.3, 0.4) is 0 Å². The van der Waals surface area contributed by atoms with Crippen molar-refractivity contribution >= 4 is 40.3 Å². The molecule has 0 aliphatic carbocycles. The van der Waals surface area contributed by atoms with Gasteiger partial charge in [0.25, 0.3) is 5.91 Å². The molecule has 0 atom stereocenters. The summed E-state index contributed by atoms with van der Waals surface area (Å²) in [4.78, 5) is 14.6. The number of carbonyl (C=O) groups is 1. The molecule has 0 N–H and O–H groups in total. The minimum atomic E-state index is -0.325. The third-order valence-electron chi connectivity index (χ3n) is 3.20. The van der Waals surface area contributed by atoms with Crippen molar-refractivity contribution in [2.24, 2.45) is 0 Å². The summed E-state index contributed by atoms with van der Waals surface area (Å²) < 4.78 is 13.7. The van der Waals surface area contributed by atoms with E-state index in [-0.39, 0.29) is 11.7 Å². The third kappa shape index (κ3) is 3.26. The van der Waals surface area contributed by atoms with E-state index in [1.54, 1.807) is 23.1 Å². The zero-order valence-electron chi connectivity index (χ0n) is 11.5. The number of hydrogen-bond donors (Lipinski definition) is 0. The summed E-state index contributed by atoms with van der Waals surface area (Å²) in [6.45, 7) is 0.450. The van der Waals surface area contributed by atoms with Crippen LogP contribution < -0.4 is 0 Å². The molecule has 0 unspecified atom stereocenters. The summed E-state index contributed by atoms with van der Waals surface area (Å²) in [5.74, 6) is -0.461. The Hall–Kier alpha value is -1.98. The van der Waals surface area contributed by atoms with E-state index in [1.165, 1.54) is 23.9 Å². The zero-order valence-corrected chi connectivity index (χ0v) is 13.2. The van der Waals surface area contributed by atoms with Crippen molar-refractivity contribution in [3.05, 3.63) is 76.4 Å². The van der Waals surface area contributed by atoms with Gasteiger partial charge >= 0.3 is 0 Å². The second kappa shape index (κ2) is 6.42. The number of halogens is 1. The van der Waals surface area contributed by atoms with Crippen LogP contribution in [0, 0.1) is 5.82 Å². The number of rotatable bonds is 3. The number of thioether (sulfide) groups is 1. The molecule has 22 heavy (non-hydrogen) atoms. The van der Waals surface area contributed by atoms with Gasteiger partial charge in [0.1, 0.15) is 10.1 Å². The minimum Gasteiger partial charge on any atom is -0.288 e. The normalized spacial score (nSPS) is 16.6. The first-order chi connectivity index (χ1) is 10.6. The highest BCUT2D eigenvalue weighted by Gasteiger charge is 2.31. The number of nitrogens with zero attached hydrogens (tertiary/aromatic N) is 1. The number of thiocarbonyl (C=S) groups is 1. The lowest BCUT2D eigenvalue weighted by Gasteiger charge is -2.14. The van der Waals surface area contributed by atoms with Crippen LogP contribution in [0.15, 0.2) is 59.5 Å². The Kier molecular flexibility index (Phi) is 4.36. The van der Waals surface area contributed by atoms with E-state index in [2.05, 4.69) is 0 Å². The van der Waals surface area contributed by atoms with Gasteiger partial charge < -0.3 is 0 Å². The Balaban J connectivity index is 1.82. The first kappa shape index (κ1) is 14.9. The molecule has 1 aliphatic rings. The van der Waals surface area contributed by atoms with Gasteiger partial charge in [-0.05, 0) is 29.3 Å². The first-order valence-electron chi connectivity index (χ1n) is 6.68. The molecule has 2 nitrogen and oxygen atoms in total. The average Bonchev–Trinajstić information content (AvgIpc) is 2.76. The Morgan fingerprint density at radius 3 is 2.64 bits per heavy atom. The van der Waals surface area contributed by atoms with Gasteiger partial charge in [-0.3, -0.25) is 9.69 Å². The molecule has 0 bridgehead atoms. The van der Waals surface area contributed by atoms with Gasteiger partial charge in [0.05, 0.1) is 11.4 Å². The second-order valence-electron chi connectivity index (χ2n) is 4.81. The Labute approximate surface area is 137 Å². The van der Waals surface area contributed by atoms with Crippen molar-refractivity contribution in [2.75, 3.05) is 0 Å². The number of benzene rings is 2. The van der Waals surface area contributed by atoms with Crippen LogP contribution in [0.25, 0.3) is 6.08 Å². The van der Waals surface area contributed by atoms with Crippen molar-refractivity contribution in [1.82, 2.24) is 4.90 Å². The predicted molar refractivity (Wildman–Crippen MR) is 91.6 cm³/mol. The molecule has 1 fully saturated rings. The van der Waals surface area contributed by atoms with Crippen molar-refractivity contribution < 1.29 is 9.18 Å². The van der Waals surface area contributed by atoms with Crippen LogP contribution in [-0.2, 0) is 11.3 Å². The third-order valence-corrected chi connectivity index (χ3v) is 4.58.